The van der Waals surface area contributed by atoms with Gasteiger partial charge in [0.2, 0.25) is 0 Å². The van der Waals surface area contributed by atoms with Crippen molar-refractivity contribution in [1.29, 1.82) is 0 Å². The van der Waals surface area contributed by atoms with Gasteiger partial charge < -0.3 is 5.73 Å². The second kappa shape index (κ2) is 5.81. The monoisotopic (exact) mass is 301 g/mol. The molecule has 0 bridgehead atoms. The first-order valence-electron chi connectivity index (χ1n) is 2.83. The van der Waals surface area contributed by atoms with Gasteiger partial charge in [0.25, 0.3) is 10.1 Å². The molecule has 13 heavy (non-hydrogen) atoms. The summed E-state index contributed by atoms with van der Waals surface area (Å²) in [5.74, 6) is 0. The first-order valence-corrected chi connectivity index (χ1v) is 4.27. The third-order valence-electron chi connectivity index (χ3n) is 1.18. The summed E-state index contributed by atoms with van der Waals surface area (Å²) in [6, 6.07) is 5.29. The summed E-state index contributed by atoms with van der Waals surface area (Å²) in [6.07, 6.45) is 0. The number of rotatable bonds is 1. The Balaban J connectivity index is 0. The van der Waals surface area contributed by atoms with Crippen molar-refractivity contribution in [1.82, 2.24) is 0 Å². The third kappa shape index (κ3) is 4.82. The second-order valence-electron chi connectivity index (χ2n) is 2.04. The van der Waals surface area contributed by atoms with Gasteiger partial charge in [0, 0.05) is 44.6 Å². The van der Waals surface area contributed by atoms with Crippen LogP contribution in [0.5, 0.6) is 0 Å². The van der Waals surface area contributed by atoms with E-state index in [1.165, 1.54) is 24.3 Å². The van der Waals surface area contributed by atoms with Crippen LogP contribution in [0.2, 0.25) is 0 Å². The number of hydrogen-bond acceptors (Lipinski definition) is 3. The molecular formula is C6H7NO3SZn2. The number of anilines is 1. The van der Waals surface area contributed by atoms with Crippen LogP contribution in [0.3, 0.4) is 0 Å². The molecule has 1 aromatic carbocycles. The van der Waals surface area contributed by atoms with Gasteiger partial charge in [-0.15, -0.1) is 0 Å². The standard InChI is InChI=1S/C6H7NO3S.2Zn/c7-5-1-3-6(4-2-5)11(8,9)10;;/h1-4H,7H2,(H,8,9,10);;. The van der Waals surface area contributed by atoms with Crippen LogP contribution in [-0.2, 0) is 49.1 Å². The van der Waals surface area contributed by atoms with E-state index in [9.17, 15) is 8.42 Å². The van der Waals surface area contributed by atoms with E-state index >= 15 is 0 Å². The first kappa shape index (κ1) is 15.6. The SMILES string of the molecule is Nc1ccc(S(=O)(=O)O)cc1.[Zn].[Zn]. The van der Waals surface area contributed by atoms with E-state index in [4.69, 9.17) is 10.3 Å². The van der Waals surface area contributed by atoms with Crippen LogP contribution < -0.4 is 5.73 Å². The minimum absolute atomic E-state index is 0. The van der Waals surface area contributed by atoms with E-state index in [0.29, 0.717) is 5.69 Å². The molecule has 0 aromatic heterocycles. The van der Waals surface area contributed by atoms with Crippen molar-refractivity contribution in [3.8, 4) is 0 Å². The van der Waals surface area contributed by atoms with Gasteiger partial charge in [-0.2, -0.15) is 8.42 Å². The van der Waals surface area contributed by atoms with Gasteiger partial charge in [0.05, 0.1) is 4.90 Å². The fraction of sp³-hybridized carbons (Fsp3) is 0. The maximum Gasteiger partial charge on any atom is 0.294 e. The average Bonchev–Trinajstić information content (AvgIpc) is 1.86. The molecule has 1 rings (SSSR count). The van der Waals surface area contributed by atoms with Gasteiger partial charge in [-0.05, 0) is 24.3 Å². The quantitative estimate of drug-likeness (QED) is 0.450. The van der Waals surface area contributed by atoms with Crippen LogP contribution in [0.15, 0.2) is 29.2 Å². The van der Waals surface area contributed by atoms with Gasteiger partial charge in [0.15, 0.2) is 0 Å². The number of hydrogen-bond donors (Lipinski definition) is 2. The Morgan fingerprint density at radius 1 is 1.08 bits per heavy atom. The molecule has 1 aromatic rings. The van der Waals surface area contributed by atoms with Gasteiger partial charge in [-0.3, -0.25) is 4.55 Å². The van der Waals surface area contributed by atoms with E-state index in [0.717, 1.165) is 0 Å². The largest absolute Gasteiger partial charge is 0.399 e. The molecule has 0 saturated heterocycles. The van der Waals surface area contributed by atoms with Gasteiger partial charge in [-0.1, -0.05) is 0 Å². The third-order valence-corrected chi connectivity index (χ3v) is 2.05. The molecule has 0 amide bonds. The van der Waals surface area contributed by atoms with Crippen molar-refractivity contribution in [3.05, 3.63) is 24.3 Å². The average molecular weight is 304 g/mol. The zero-order valence-electron chi connectivity index (χ0n) is 6.97. The molecule has 0 radical (unpaired) electrons. The molecule has 0 spiro atoms. The molecule has 0 fully saturated rings. The Hall–Kier alpha value is 0.177. The minimum atomic E-state index is -4.08. The number of nitrogen functional groups attached to an aromatic ring is 1. The zero-order valence-corrected chi connectivity index (χ0v) is 13.7. The topological polar surface area (TPSA) is 80.4 Å². The van der Waals surface area contributed by atoms with Crippen molar-refractivity contribution >= 4 is 15.8 Å². The summed E-state index contributed by atoms with van der Waals surface area (Å²) in [6.45, 7) is 0. The van der Waals surface area contributed by atoms with Crippen molar-refractivity contribution in [2.75, 3.05) is 5.73 Å². The molecule has 3 N–H and O–H groups in total. The van der Waals surface area contributed by atoms with Crippen LogP contribution in [-0.4, -0.2) is 13.0 Å². The Morgan fingerprint density at radius 2 is 1.46 bits per heavy atom. The van der Waals surface area contributed by atoms with E-state index in [1.54, 1.807) is 0 Å². The van der Waals surface area contributed by atoms with Crippen LogP contribution >= 0.6 is 0 Å². The fourth-order valence-electron chi connectivity index (χ4n) is 0.640. The molecular weight excluding hydrogens is 297 g/mol. The molecule has 7 heteroatoms. The van der Waals surface area contributed by atoms with Crippen LogP contribution in [0.1, 0.15) is 0 Å². The van der Waals surface area contributed by atoms with E-state index in [1.807, 2.05) is 0 Å². The zero-order chi connectivity index (χ0) is 8.48. The van der Waals surface area contributed by atoms with Crippen molar-refractivity contribution in [3.63, 3.8) is 0 Å². The summed E-state index contributed by atoms with van der Waals surface area (Å²) in [7, 11) is -4.08. The van der Waals surface area contributed by atoms with Crippen molar-refractivity contribution in [2.45, 2.75) is 4.90 Å². The smallest absolute Gasteiger partial charge is 0.294 e. The molecule has 0 atom stereocenters. The predicted octanol–water partition coefficient (Wildman–Crippen LogP) is 0.511. The van der Waals surface area contributed by atoms with Gasteiger partial charge >= 0.3 is 0 Å². The normalized spacial score (nSPS) is 9.62. The maximum atomic E-state index is 10.5. The molecule has 0 aliphatic heterocycles. The fourth-order valence-corrected chi connectivity index (χ4v) is 1.12. The van der Waals surface area contributed by atoms with E-state index in [2.05, 4.69) is 0 Å². The molecule has 64 valence electrons. The molecule has 0 aliphatic carbocycles. The van der Waals surface area contributed by atoms with E-state index in [-0.39, 0.29) is 43.9 Å². The summed E-state index contributed by atoms with van der Waals surface area (Å²) < 4.78 is 29.4. The van der Waals surface area contributed by atoms with Gasteiger partial charge in [-0.25, -0.2) is 0 Å². The Kier molecular flexibility index (Phi) is 6.99. The Bertz CT molecular complexity index is 349. The second-order valence-corrected chi connectivity index (χ2v) is 3.47. The van der Waals surface area contributed by atoms with Crippen molar-refractivity contribution in [2.24, 2.45) is 0 Å². The number of nitrogens with two attached hydrogens (primary N) is 1. The Labute approximate surface area is 102 Å². The minimum Gasteiger partial charge on any atom is -0.399 e. The summed E-state index contributed by atoms with van der Waals surface area (Å²) >= 11 is 0. The molecule has 0 heterocycles. The molecule has 4 nitrogen and oxygen atoms in total. The summed E-state index contributed by atoms with van der Waals surface area (Å²) in [5.41, 5.74) is 5.75. The number of benzene rings is 1. The van der Waals surface area contributed by atoms with Crippen LogP contribution in [0.25, 0.3) is 0 Å². The van der Waals surface area contributed by atoms with Crippen LogP contribution in [0.4, 0.5) is 5.69 Å². The Morgan fingerprint density at radius 3 is 1.77 bits per heavy atom. The van der Waals surface area contributed by atoms with Crippen molar-refractivity contribution < 1.29 is 51.9 Å². The van der Waals surface area contributed by atoms with E-state index < -0.39 is 10.1 Å². The molecule has 0 aliphatic rings. The molecule has 0 saturated carbocycles. The summed E-state index contributed by atoms with van der Waals surface area (Å²) in [4.78, 5) is -0.147. The first-order chi connectivity index (χ1) is 5.00. The summed E-state index contributed by atoms with van der Waals surface area (Å²) in [5, 5.41) is 0. The van der Waals surface area contributed by atoms with Gasteiger partial charge in [0.1, 0.15) is 0 Å². The molecule has 0 unspecified atom stereocenters. The van der Waals surface area contributed by atoms with Crippen LogP contribution in [0, 0.1) is 0 Å². The maximum absolute atomic E-state index is 10.5. The predicted molar refractivity (Wildman–Crippen MR) is 40.7 cm³/mol.